The minimum atomic E-state index is -0.625. The van der Waals surface area contributed by atoms with Crippen LogP contribution >= 0.6 is 0 Å². The minimum Gasteiger partial charge on any atom is -0.391 e. The van der Waals surface area contributed by atoms with E-state index in [-0.39, 0.29) is 11.5 Å². The van der Waals surface area contributed by atoms with Gasteiger partial charge in [-0.05, 0) is 6.42 Å². The van der Waals surface area contributed by atoms with E-state index in [4.69, 9.17) is 11.5 Å². The molecule has 14 heavy (non-hydrogen) atoms. The standard InChI is InChI=1S/C8H14N4O2/c1-2-3-4-12-6(10)5(9)7(13)11-8(12)14/h2-4,9-10H2,1H3,(H,11,13,14). The van der Waals surface area contributed by atoms with Crippen molar-refractivity contribution in [1.82, 2.24) is 9.55 Å². The summed E-state index contributed by atoms with van der Waals surface area (Å²) in [6.45, 7) is 2.47. The predicted octanol–water partition coefficient (Wildman–Crippen LogP) is -0.499. The maximum absolute atomic E-state index is 11.3. The molecule has 0 unspecified atom stereocenters. The van der Waals surface area contributed by atoms with Crippen LogP contribution in [0.2, 0.25) is 0 Å². The van der Waals surface area contributed by atoms with Gasteiger partial charge in [0.05, 0.1) is 0 Å². The van der Waals surface area contributed by atoms with Crippen molar-refractivity contribution in [2.75, 3.05) is 11.5 Å². The van der Waals surface area contributed by atoms with Gasteiger partial charge < -0.3 is 11.5 Å². The van der Waals surface area contributed by atoms with Crippen LogP contribution in [0.15, 0.2) is 9.59 Å². The van der Waals surface area contributed by atoms with Gasteiger partial charge in [-0.25, -0.2) is 4.79 Å². The first-order valence-corrected chi connectivity index (χ1v) is 4.46. The molecule has 5 N–H and O–H groups in total. The van der Waals surface area contributed by atoms with Gasteiger partial charge in [0.1, 0.15) is 11.5 Å². The fourth-order valence-corrected chi connectivity index (χ4v) is 1.14. The number of nitrogen functional groups attached to an aromatic ring is 2. The van der Waals surface area contributed by atoms with E-state index in [0.717, 1.165) is 12.8 Å². The van der Waals surface area contributed by atoms with Crippen LogP contribution in [0.3, 0.4) is 0 Å². The van der Waals surface area contributed by atoms with Gasteiger partial charge in [0.2, 0.25) is 0 Å². The third-order valence-electron chi connectivity index (χ3n) is 2.01. The minimum absolute atomic E-state index is 0.0483. The average molecular weight is 198 g/mol. The van der Waals surface area contributed by atoms with Gasteiger partial charge in [0, 0.05) is 6.54 Å². The van der Waals surface area contributed by atoms with E-state index in [2.05, 4.69) is 4.98 Å². The number of rotatable bonds is 3. The Balaban J connectivity index is 3.23. The molecule has 0 bridgehead atoms. The molecule has 78 valence electrons. The molecule has 0 radical (unpaired) electrons. The van der Waals surface area contributed by atoms with E-state index in [1.54, 1.807) is 0 Å². The zero-order chi connectivity index (χ0) is 10.7. The second-order valence-corrected chi connectivity index (χ2v) is 3.06. The lowest BCUT2D eigenvalue weighted by molar-refractivity contribution is 0.606. The summed E-state index contributed by atoms with van der Waals surface area (Å²) in [5, 5.41) is 0. The van der Waals surface area contributed by atoms with E-state index < -0.39 is 11.2 Å². The summed E-state index contributed by atoms with van der Waals surface area (Å²) in [5.74, 6) is 0.0483. The molecule has 0 saturated carbocycles. The summed E-state index contributed by atoms with van der Waals surface area (Å²) in [6.07, 6.45) is 1.75. The molecule has 0 aliphatic heterocycles. The Hall–Kier alpha value is -1.72. The highest BCUT2D eigenvalue weighted by atomic mass is 16.2. The molecule has 6 heteroatoms. The molecule has 0 atom stereocenters. The number of nitrogens with one attached hydrogen (secondary N) is 1. The van der Waals surface area contributed by atoms with Crippen LogP contribution in [0.25, 0.3) is 0 Å². The van der Waals surface area contributed by atoms with Crippen molar-refractivity contribution < 1.29 is 0 Å². The number of anilines is 2. The first-order valence-electron chi connectivity index (χ1n) is 4.46. The lowest BCUT2D eigenvalue weighted by atomic mass is 10.3. The highest BCUT2D eigenvalue weighted by Crippen LogP contribution is 2.05. The second kappa shape index (κ2) is 3.99. The molecule has 0 amide bonds. The summed E-state index contributed by atoms with van der Waals surface area (Å²) >= 11 is 0. The predicted molar refractivity (Wildman–Crippen MR) is 55.1 cm³/mol. The number of hydrogen-bond donors (Lipinski definition) is 3. The van der Waals surface area contributed by atoms with Crippen molar-refractivity contribution >= 4 is 11.5 Å². The summed E-state index contributed by atoms with van der Waals surface area (Å²) < 4.78 is 1.28. The summed E-state index contributed by atoms with van der Waals surface area (Å²) in [4.78, 5) is 24.4. The Morgan fingerprint density at radius 2 is 2.00 bits per heavy atom. The Labute approximate surface area is 80.5 Å². The molecular formula is C8H14N4O2. The van der Waals surface area contributed by atoms with Gasteiger partial charge in [-0.2, -0.15) is 0 Å². The SMILES string of the molecule is CCCCn1c(N)c(N)c(=O)[nH]c1=O. The van der Waals surface area contributed by atoms with Crippen LogP contribution in [-0.2, 0) is 6.54 Å². The second-order valence-electron chi connectivity index (χ2n) is 3.06. The van der Waals surface area contributed by atoms with Gasteiger partial charge >= 0.3 is 5.69 Å². The molecule has 0 spiro atoms. The summed E-state index contributed by atoms with van der Waals surface area (Å²) in [5.41, 5.74) is 9.71. The van der Waals surface area contributed by atoms with Crippen molar-refractivity contribution in [3.63, 3.8) is 0 Å². The molecule has 1 rings (SSSR count). The van der Waals surface area contributed by atoms with Gasteiger partial charge in [0.15, 0.2) is 0 Å². The third-order valence-corrected chi connectivity index (χ3v) is 2.01. The van der Waals surface area contributed by atoms with Crippen molar-refractivity contribution in [2.24, 2.45) is 0 Å². The van der Waals surface area contributed by atoms with Gasteiger partial charge in [-0.15, -0.1) is 0 Å². The van der Waals surface area contributed by atoms with Crippen LogP contribution in [0, 0.1) is 0 Å². The topological polar surface area (TPSA) is 107 Å². The van der Waals surface area contributed by atoms with E-state index in [1.165, 1.54) is 4.57 Å². The lowest BCUT2D eigenvalue weighted by Gasteiger charge is -2.08. The number of nitrogens with zero attached hydrogens (tertiary/aromatic N) is 1. The maximum Gasteiger partial charge on any atom is 0.330 e. The van der Waals surface area contributed by atoms with Crippen LogP contribution in [0.1, 0.15) is 19.8 Å². The molecule has 0 aliphatic rings. The fourth-order valence-electron chi connectivity index (χ4n) is 1.14. The largest absolute Gasteiger partial charge is 0.391 e. The molecule has 1 aromatic rings. The fraction of sp³-hybridized carbons (Fsp3) is 0.500. The Kier molecular flexibility index (Phi) is 2.95. The number of H-pyrrole nitrogens is 1. The zero-order valence-corrected chi connectivity index (χ0v) is 8.04. The molecular weight excluding hydrogens is 184 g/mol. The Morgan fingerprint density at radius 3 is 2.57 bits per heavy atom. The molecule has 1 aromatic heterocycles. The van der Waals surface area contributed by atoms with E-state index in [0.29, 0.717) is 6.54 Å². The normalized spacial score (nSPS) is 10.4. The third kappa shape index (κ3) is 1.78. The zero-order valence-electron chi connectivity index (χ0n) is 8.04. The first-order chi connectivity index (χ1) is 6.57. The average Bonchev–Trinajstić information content (AvgIpc) is 2.14. The Morgan fingerprint density at radius 1 is 1.36 bits per heavy atom. The van der Waals surface area contributed by atoms with Gasteiger partial charge in [0.25, 0.3) is 5.56 Å². The van der Waals surface area contributed by atoms with E-state index in [1.807, 2.05) is 6.92 Å². The maximum atomic E-state index is 11.3. The highest BCUT2D eigenvalue weighted by Gasteiger charge is 2.07. The number of aromatic amines is 1. The number of nitrogens with two attached hydrogens (primary N) is 2. The summed E-state index contributed by atoms with van der Waals surface area (Å²) in [7, 11) is 0. The van der Waals surface area contributed by atoms with Crippen LogP contribution in [0.5, 0.6) is 0 Å². The molecule has 0 saturated heterocycles. The van der Waals surface area contributed by atoms with E-state index >= 15 is 0 Å². The summed E-state index contributed by atoms with van der Waals surface area (Å²) in [6, 6.07) is 0. The van der Waals surface area contributed by atoms with Crippen molar-refractivity contribution in [3.05, 3.63) is 20.8 Å². The highest BCUT2D eigenvalue weighted by molar-refractivity contribution is 5.56. The quantitative estimate of drug-likeness (QED) is 0.608. The Bertz CT molecular complexity index is 432. The molecule has 1 heterocycles. The number of aromatic nitrogens is 2. The van der Waals surface area contributed by atoms with Gasteiger partial charge in [-0.3, -0.25) is 14.3 Å². The molecule has 0 aromatic carbocycles. The van der Waals surface area contributed by atoms with Gasteiger partial charge in [-0.1, -0.05) is 13.3 Å². The monoisotopic (exact) mass is 198 g/mol. The molecule has 0 aliphatic carbocycles. The smallest absolute Gasteiger partial charge is 0.330 e. The van der Waals surface area contributed by atoms with Crippen LogP contribution in [0.4, 0.5) is 11.5 Å². The van der Waals surface area contributed by atoms with Crippen molar-refractivity contribution in [1.29, 1.82) is 0 Å². The van der Waals surface area contributed by atoms with Crippen LogP contribution in [-0.4, -0.2) is 9.55 Å². The first kappa shape index (κ1) is 10.4. The van der Waals surface area contributed by atoms with E-state index in [9.17, 15) is 9.59 Å². The number of hydrogen-bond acceptors (Lipinski definition) is 4. The lowest BCUT2D eigenvalue weighted by Crippen LogP contribution is -2.33. The number of unbranched alkanes of at least 4 members (excludes halogenated alkanes) is 1. The van der Waals surface area contributed by atoms with Crippen LogP contribution < -0.4 is 22.7 Å². The van der Waals surface area contributed by atoms with Crippen molar-refractivity contribution in [2.45, 2.75) is 26.3 Å². The molecule has 6 nitrogen and oxygen atoms in total. The van der Waals surface area contributed by atoms with Crippen molar-refractivity contribution in [3.8, 4) is 0 Å². The molecule has 0 fully saturated rings.